The van der Waals surface area contributed by atoms with Gasteiger partial charge >= 0.3 is 0 Å². The molecule has 6 nitrogen and oxygen atoms in total. The molecule has 1 aromatic rings. The molecule has 2 unspecified atom stereocenters. The van der Waals surface area contributed by atoms with Crippen LogP contribution >= 0.6 is 35.3 Å². The lowest BCUT2D eigenvalue weighted by atomic mass is 10.2. The van der Waals surface area contributed by atoms with Crippen molar-refractivity contribution in [2.45, 2.75) is 46.3 Å². The van der Waals surface area contributed by atoms with Gasteiger partial charge in [-0.15, -0.1) is 35.3 Å². The van der Waals surface area contributed by atoms with Crippen LogP contribution in [0.25, 0.3) is 0 Å². The van der Waals surface area contributed by atoms with Crippen molar-refractivity contribution in [2.24, 2.45) is 4.99 Å². The van der Waals surface area contributed by atoms with Gasteiger partial charge in [0.15, 0.2) is 5.96 Å². The number of thiazole rings is 1. The highest BCUT2D eigenvalue weighted by Gasteiger charge is 2.23. The van der Waals surface area contributed by atoms with Crippen LogP contribution in [0, 0.1) is 6.92 Å². The first-order chi connectivity index (χ1) is 11.1. The second-order valence-corrected chi connectivity index (χ2v) is 7.27. The highest BCUT2D eigenvalue weighted by Crippen LogP contribution is 2.12. The molecule has 0 spiro atoms. The van der Waals surface area contributed by atoms with Crippen LogP contribution in [0.2, 0.25) is 0 Å². The van der Waals surface area contributed by atoms with E-state index in [2.05, 4.69) is 53.2 Å². The number of halogens is 1. The number of nitrogens with one attached hydrogen (secondary N) is 2. The van der Waals surface area contributed by atoms with Crippen molar-refractivity contribution in [2.75, 3.05) is 32.8 Å². The van der Waals surface area contributed by atoms with Crippen LogP contribution in [0.5, 0.6) is 0 Å². The predicted octanol–water partition coefficient (Wildman–Crippen LogP) is 2.23. The molecule has 1 aliphatic rings. The Labute approximate surface area is 166 Å². The topological polar surface area (TPSA) is 61.8 Å². The Morgan fingerprint density at radius 3 is 2.96 bits per heavy atom. The molecule has 0 saturated carbocycles. The van der Waals surface area contributed by atoms with E-state index in [0.717, 1.165) is 43.8 Å². The third-order valence-electron chi connectivity index (χ3n) is 3.94. The minimum atomic E-state index is 0. The summed E-state index contributed by atoms with van der Waals surface area (Å²) in [5.41, 5.74) is 0. The van der Waals surface area contributed by atoms with Gasteiger partial charge < -0.3 is 15.4 Å². The molecule has 0 aliphatic carbocycles. The van der Waals surface area contributed by atoms with E-state index in [4.69, 9.17) is 4.74 Å². The van der Waals surface area contributed by atoms with E-state index >= 15 is 0 Å². The Morgan fingerprint density at radius 2 is 2.33 bits per heavy atom. The van der Waals surface area contributed by atoms with Crippen molar-refractivity contribution < 1.29 is 4.74 Å². The van der Waals surface area contributed by atoms with Gasteiger partial charge in [0.05, 0.1) is 19.8 Å². The van der Waals surface area contributed by atoms with Gasteiger partial charge in [0.25, 0.3) is 0 Å². The number of aromatic nitrogens is 1. The van der Waals surface area contributed by atoms with Crippen molar-refractivity contribution in [3.8, 4) is 0 Å². The fraction of sp³-hybridized carbons (Fsp3) is 0.750. The van der Waals surface area contributed by atoms with E-state index in [1.807, 2.05) is 6.20 Å². The molecule has 0 bridgehead atoms. The van der Waals surface area contributed by atoms with Crippen LogP contribution < -0.4 is 10.6 Å². The van der Waals surface area contributed by atoms with Crippen LogP contribution in [0.15, 0.2) is 11.2 Å². The molecule has 8 heteroatoms. The van der Waals surface area contributed by atoms with Crippen LogP contribution in [0.4, 0.5) is 0 Å². The number of aliphatic imine (C=N–C) groups is 1. The third kappa shape index (κ3) is 6.81. The molecule has 2 heterocycles. The zero-order valence-corrected chi connectivity index (χ0v) is 18.2. The Bertz CT molecular complexity index is 510. The molecule has 0 amide bonds. The molecule has 1 saturated heterocycles. The minimum Gasteiger partial charge on any atom is -0.379 e. The largest absolute Gasteiger partial charge is 0.379 e. The van der Waals surface area contributed by atoms with Crippen LogP contribution in [0.3, 0.4) is 0 Å². The third-order valence-corrected chi connectivity index (χ3v) is 4.83. The molecule has 1 aliphatic heterocycles. The van der Waals surface area contributed by atoms with Gasteiger partial charge in [-0.05, 0) is 27.7 Å². The van der Waals surface area contributed by atoms with Gasteiger partial charge in [0.2, 0.25) is 0 Å². The second kappa shape index (κ2) is 11.2. The summed E-state index contributed by atoms with van der Waals surface area (Å²) in [5, 5.41) is 7.80. The Hall–Kier alpha value is -0.450. The molecule has 2 rings (SSSR count). The van der Waals surface area contributed by atoms with Gasteiger partial charge in [-0.1, -0.05) is 0 Å². The fourth-order valence-electron chi connectivity index (χ4n) is 2.72. The van der Waals surface area contributed by atoms with Crippen LogP contribution in [0.1, 0.15) is 30.7 Å². The summed E-state index contributed by atoms with van der Waals surface area (Å²) in [5.74, 6) is 0.855. The van der Waals surface area contributed by atoms with Crippen LogP contribution in [-0.2, 0) is 11.3 Å². The van der Waals surface area contributed by atoms with Crippen molar-refractivity contribution in [3.63, 3.8) is 0 Å². The van der Waals surface area contributed by atoms with E-state index in [1.165, 1.54) is 4.88 Å². The molecular formula is C16H30IN5OS. The van der Waals surface area contributed by atoms with E-state index < -0.39 is 0 Å². The van der Waals surface area contributed by atoms with Gasteiger partial charge in [-0.2, -0.15) is 0 Å². The SMILES string of the molecule is CCNC(=NCc1ncc(C)s1)NCC(C)N1CCOCC1C.I. The first-order valence-corrected chi connectivity index (χ1v) is 9.18. The zero-order valence-electron chi connectivity index (χ0n) is 15.0. The monoisotopic (exact) mass is 467 g/mol. The highest BCUT2D eigenvalue weighted by molar-refractivity contribution is 14.0. The molecule has 2 atom stereocenters. The summed E-state index contributed by atoms with van der Waals surface area (Å²) in [4.78, 5) is 12.7. The lowest BCUT2D eigenvalue weighted by Crippen LogP contribution is -2.53. The number of nitrogens with zero attached hydrogens (tertiary/aromatic N) is 3. The van der Waals surface area contributed by atoms with Gasteiger partial charge in [0, 0.05) is 42.8 Å². The van der Waals surface area contributed by atoms with Gasteiger partial charge in [-0.25, -0.2) is 9.98 Å². The second-order valence-electron chi connectivity index (χ2n) is 5.95. The normalized spacial score (nSPS) is 20.3. The van der Waals surface area contributed by atoms with Crippen molar-refractivity contribution in [3.05, 3.63) is 16.1 Å². The summed E-state index contributed by atoms with van der Waals surface area (Å²) >= 11 is 1.70. The molecule has 0 radical (unpaired) electrons. The molecule has 1 aromatic heterocycles. The lowest BCUT2D eigenvalue weighted by Gasteiger charge is -2.38. The van der Waals surface area contributed by atoms with Crippen molar-refractivity contribution in [1.29, 1.82) is 0 Å². The molecule has 138 valence electrons. The number of morpholine rings is 1. The highest BCUT2D eigenvalue weighted by atomic mass is 127. The summed E-state index contributed by atoms with van der Waals surface area (Å²) in [6.45, 7) is 13.6. The van der Waals surface area contributed by atoms with Gasteiger partial charge in [-0.3, -0.25) is 4.90 Å². The average Bonchev–Trinajstić information content (AvgIpc) is 2.95. The molecule has 2 N–H and O–H groups in total. The summed E-state index contributed by atoms with van der Waals surface area (Å²) in [6.07, 6.45) is 1.90. The lowest BCUT2D eigenvalue weighted by molar-refractivity contribution is -0.0174. The first-order valence-electron chi connectivity index (χ1n) is 8.37. The minimum absolute atomic E-state index is 0. The summed E-state index contributed by atoms with van der Waals surface area (Å²) in [6, 6.07) is 0.915. The quantitative estimate of drug-likeness (QED) is 0.382. The maximum atomic E-state index is 5.51. The Kier molecular flexibility index (Phi) is 10.1. The zero-order chi connectivity index (χ0) is 16.7. The average molecular weight is 467 g/mol. The maximum Gasteiger partial charge on any atom is 0.191 e. The van der Waals surface area contributed by atoms with Crippen molar-refractivity contribution >= 4 is 41.3 Å². The van der Waals surface area contributed by atoms with E-state index in [9.17, 15) is 0 Å². The smallest absolute Gasteiger partial charge is 0.191 e. The van der Waals surface area contributed by atoms with Crippen molar-refractivity contribution in [1.82, 2.24) is 20.5 Å². The van der Waals surface area contributed by atoms with Crippen LogP contribution in [-0.4, -0.2) is 60.8 Å². The number of guanidine groups is 1. The number of hydrogen-bond acceptors (Lipinski definition) is 5. The molecule has 24 heavy (non-hydrogen) atoms. The number of rotatable bonds is 6. The van der Waals surface area contributed by atoms with E-state index in [0.29, 0.717) is 18.6 Å². The first kappa shape index (κ1) is 21.6. The number of hydrogen-bond donors (Lipinski definition) is 2. The van der Waals surface area contributed by atoms with Gasteiger partial charge in [0.1, 0.15) is 5.01 Å². The molecule has 0 aromatic carbocycles. The Morgan fingerprint density at radius 1 is 1.54 bits per heavy atom. The fourth-order valence-corrected chi connectivity index (χ4v) is 3.43. The number of aryl methyl sites for hydroxylation is 1. The molecular weight excluding hydrogens is 437 g/mol. The van der Waals surface area contributed by atoms with E-state index in [-0.39, 0.29) is 24.0 Å². The Balaban J connectivity index is 0.00000288. The number of ether oxygens (including phenoxy) is 1. The van der Waals surface area contributed by atoms with E-state index in [1.54, 1.807) is 11.3 Å². The summed E-state index contributed by atoms with van der Waals surface area (Å²) in [7, 11) is 0. The standard InChI is InChI=1S/C16H29N5OS.HI/c1-5-17-16(20-10-15-18-9-14(4)23-15)19-8-12(2)21-6-7-22-11-13(21)3;/h9,12-13H,5-8,10-11H2,1-4H3,(H2,17,19,20);1H. The predicted molar refractivity (Wildman–Crippen MR) is 112 cm³/mol. The summed E-state index contributed by atoms with van der Waals surface area (Å²) < 4.78 is 5.51. The molecule has 1 fully saturated rings. The maximum absolute atomic E-state index is 5.51.